The van der Waals surface area contributed by atoms with Gasteiger partial charge in [-0.15, -0.1) is 0 Å². The first-order chi connectivity index (χ1) is 12.7. The first kappa shape index (κ1) is 15.3. The summed E-state index contributed by atoms with van der Waals surface area (Å²) in [5.41, 5.74) is 3.30. The Morgan fingerprint density at radius 1 is 0.731 bits per heavy atom. The van der Waals surface area contributed by atoms with Crippen LogP contribution in [0, 0.1) is 0 Å². The summed E-state index contributed by atoms with van der Waals surface area (Å²) in [4.78, 5) is 26.5. The van der Waals surface area contributed by atoms with E-state index in [9.17, 15) is 9.59 Å². The van der Waals surface area contributed by atoms with Gasteiger partial charge in [0.15, 0.2) is 5.78 Å². The molecule has 0 fully saturated rings. The van der Waals surface area contributed by atoms with Gasteiger partial charge in [0.25, 0.3) is 5.56 Å². The maximum atomic E-state index is 13.3. The Morgan fingerprint density at radius 2 is 1.42 bits per heavy atom. The van der Waals surface area contributed by atoms with Crippen LogP contribution in [-0.2, 0) is 0 Å². The Labute approximate surface area is 157 Å². The van der Waals surface area contributed by atoms with Crippen LogP contribution in [0.3, 0.4) is 0 Å². The summed E-state index contributed by atoms with van der Waals surface area (Å²) in [5.74, 6) is -0.0385. The Balaban J connectivity index is 2.05. The molecule has 0 radical (unpaired) electrons. The number of halogens is 1. The monoisotopic (exact) mass is 401 g/mol. The molecular formula is C22H12BrNO2. The fraction of sp³-hybridized carbons (Fsp3) is 0. The molecule has 0 N–H and O–H groups in total. The Kier molecular flexibility index (Phi) is 3.24. The van der Waals surface area contributed by atoms with Crippen molar-refractivity contribution in [3.63, 3.8) is 0 Å². The van der Waals surface area contributed by atoms with Gasteiger partial charge in [-0.2, -0.15) is 0 Å². The number of benzene rings is 3. The summed E-state index contributed by atoms with van der Waals surface area (Å²) in [6.07, 6.45) is 0. The molecule has 0 unspecified atom stereocenters. The van der Waals surface area contributed by atoms with Crippen LogP contribution in [0.1, 0.15) is 15.9 Å². The van der Waals surface area contributed by atoms with Crippen LogP contribution < -0.4 is 5.56 Å². The number of hydrogen-bond acceptors (Lipinski definition) is 2. The highest BCUT2D eigenvalue weighted by Gasteiger charge is 2.33. The van der Waals surface area contributed by atoms with Crippen LogP contribution >= 0.6 is 15.9 Å². The number of pyridine rings is 1. The lowest BCUT2D eigenvalue weighted by Gasteiger charge is -2.15. The third-order valence-electron chi connectivity index (χ3n) is 4.81. The molecule has 0 spiro atoms. The van der Waals surface area contributed by atoms with Crippen LogP contribution in [0.2, 0.25) is 0 Å². The first-order valence-corrected chi connectivity index (χ1v) is 9.04. The second-order valence-electron chi connectivity index (χ2n) is 6.26. The van der Waals surface area contributed by atoms with Gasteiger partial charge in [-0.1, -0.05) is 52.3 Å². The van der Waals surface area contributed by atoms with Gasteiger partial charge in [0.1, 0.15) is 0 Å². The van der Waals surface area contributed by atoms with Crippen LogP contribution in [0.4, 0.5) is 0 Å². The minimum Gasteiger partial charge on any atom is -0.288 e. The Morgan fingerprint density at radius 3 is 2.19 bits per heavy atom. The molecule has 0 saturated heterocycles. The summed E-state index contributed by atoms with van der Waals surface area (Å²) in [5, 5.41) is 1.26. The van der Waals surface area contributed by atoms with Gasteiger partial charge in [-0.25, -0.2) is 0 Å². The molecule has 0 saturated carbocycles. The molecule has 3 aromatic carbocycles. The van der Waals surface area contributed by atoms with Crippen LogP contribution in [0.25, 0.3) is 27.7 Å². The average molecular weight is 402 g/mol. The van der Waals surface area contributed by atoms with Gasteiger partial charge in [0, 0.05) is 32.1 Å². The Hall–Kier alpha value is -2.98. The number of hydrogen-bond donors (Lipinski definition) is 0. The van der Waals surface area contributed by atoms with Crippen molar-refractivity contribution in [1.82, 2.24) is 4.57 Å². The molecule has 124 valence electrons. The summed E-state index contributed by atoms with van der Waals surface area (Å²) in [6, 6.07) is 22.4. The van der Waals surface area contributed by atoms with E-state index in [0.29, 0.717) is 27.6 Å². The second-order valence-corrected chi connectivity index (χ2v) is 7.18. The standard InChI is InChI=1S/C22H12BrNO2/c23-13-10-11-16-18(12-13)20-19(21(16)25)15-8-4-5-9-17(15)22(26)24(20)14-6-2-1-3-7-14/h1-12H. The third kappa shape index (κ3) is 1.99. The highest BCUT2D eigenvalue weighted by molar-refractivity contribution is 9.10. The van der Waals surface area contributed by atoms with E-state index in [1.807, 2.05) is 66.7 Å². The molecule has 1 aromatic heterocycles. The van der Waals surface area contributed by atoms with Crippen LogP contribution in [0.15, 0.2) is 82.1 Å². The van der Waals surface area contributed by atoms with Gasteiger partial charge in [0.05, 0.1) is 11.3 Å². The van der Waals surface area contributed by atoms with Gasteiger partial charge < -0.3 is 0 Å². The van der Waals surface area contributed by atoms with Gasteiger partial charge in [-0.3, -0.25) is 14.2 Å². The maximum Gasteiger partial charge on any atom is 0.263 e. The molecule has 3 nitrogen and oxygen atoms in total. The molecule has 1 aliphatic rings. The minimum atomic E-state index is -0.119. The average Bonchev–Trinajstić information content (AvgIpc) is 2.95. The molecule has 0 bridgehead atoms. The number of fused-ring (bicyclic) bond motifs is 5. The van der Waals surface area contributed by atoms with Gasteiger partial charge in [0.2, 0.25) is 0 Å². The smallest absolute Gasteiger partial charge is 0.263 e. The second kappa shape index (κ2) is 5.51. The van der Waals surface area contributed by atoms with Crippen molar-refractivity contribution in [3.05, 3.63) is 98.7 Å². The lowest BCUT2D eigenvalue weighted by Crippen LogP contribution is -2.21. The molecule has 1 heterocycles. The quantitative estimate of drug-likeness (QED) is 0.397. The molecule has 1 aliphatic carbocycles. The van der Waals surface area contributed by atoms with E-state index in [0.717, 1.165) is 15.7 Å². The van der Waals surface area contributed by atoms with Crippen molar-refractivity contribution in [2.45, 2.75) is 0 Å². The van der Waals surface area contributed by atoms with E-state index in [2.05, 4.69) is 15.9 Å². The van der Waals surface area contributed by atoms with Crippen molar-refractivity contribution in [2.75, 3.05) is 0 Å². The number of rotatable bonds is 1. The summed E-state index contributed by atoms with van der Waals surface area (Å²) in [7, 11) is 0. The number of para-hydroxylation sites is 1. The molecule has 0 atom stereocenters. The van der Waals surface area contributed by atoms with E-state index in [1.54, 1.807) is 10.6 Å². The summed E-state index contributed by atoms with van der Waals surface area (Å²) in [6.45, 7) is 0. The highest BCUT2D eigenvalue weighted by Crippen LogP contribution is 2.41. The van der Waals surface area contributed by atoms with E-state index < -0.39 is 0 Å². The van der Waals surface area contributed by atoms with Crippen molar-refractivity contribution in [2.24, 2.45) is 0 Å². The molecule has 0 aliphatic heterocycles. The van der Waals surface area contributed by atoms with E-state index in [4.69, 9.17) is 0 Å². The number of ketones is 1. The van der Waals surface area contributed by atoms with Crippen molar-refractivity contribution < 1.29 is 4.79 Å². The molecular weight excluding hydrogens is 390 g/mol. The lowest BCUT2D eigenvalue weighted by molar-refractivity contribution is 0.104. The predicted octanol–water partition coefficient (Wildman–Crippen LogP) is 4.96. The zero-order chi connectivity index (χ0) is 17.8. The van der Waals surface area contributed by atoms with E-state index in [1.165, 1.54) is 0 Å². The SMILES string of the molecule is O=C1c2ccc(Br)cc2-c2c1c1ccccc1c(=O)n2-c1ccccc1. The van der Waals surface area contributed by atoms with Gasteiger partial charge in [-0.05, 0) is 36.4 Å². The number of nitrogens with zero attached hydrogens (tertiary/aromatic N) is 1. The number of carbonyl (C=O) groups excluding carboxylic acids is 1. The molecule has 26 heavy (non-hydrogen) atoms. The van der Waals surface area contributed by atoms with Gasteiger partial charge >= 0.3 is 0 Å². The normalized spacial score (nSPS) is 12.3. The summed E-state index contributed by atoms with van der Waals surface area (Å²) >= 11 is 3.49. The maximum absolute atomic E-state index is 13.3. The Bertz CT molecular complexity index is 1270. The zero-order valence-corrected chi connectivity index (χ0v) is 15.2. The fourth-order valence-electron chi connectivity index (χ4n) is 3.70. The molecule has 4 aromatic rings. The first-order valence-electron chi connectivity index (χ1n) is 8.24. The lowest BCUT2D eigenvalue weighted by atomic mass is 10.0. The molecule has 0 amide bonds. The van der Waals surface area contributed by atoms with E-state index >= 15 is 0 Å². The van der Waals surface area contributed by atoms with Crippen molar-refractivity contribution in [3.8, 4) is 16.9 Å². The van der Waals surface area contributed by atoms with Crippen LogP contribution in [0.5, 0.6) is 0 Å². The molecule has 5 rings (SSSR count). The third-order valence-corrected chi connectivity index (χ3v) is 5.31. The largest absolute Gasteiger partial charge is 0.288 e. The fourth-order valence-corrected chi connectivity index (χ4v) is 4.06. The van der Waals surface area contributed by atoms with Crippen molar-refractivity contribution >= 4 is 32.5 Å². The van der Waals surface area contributed by atoms with Crippen LogP contribution in [-0.4, -0.2) is 10.4 Å². The van der Waals surface area contributed by atoms with E-state index in [-0.39, 0.29) is 11.3 Å². The summed E-state index contributed by atoms with van der Waals surface area (Å²) < 4.78 is 2.53. The zero-order valence-electron chi connectivity index (χ0n) is 13.6. The van der Waals surface area contributed by atoms with Crippen molar-refractivity contribution in [1.29, 1.82) is 0 Å². The highest BCUT2D eigenvalue weighted by atomic mass is 79.9. The number of aromatic nitrogens is 1. The number of carbonyl (C=O) groups is 1. The minimum absolute atomic E-state index is 0.0385. The topological polar surface area (TPSA) is 39.1 Å². The predicted molar refractivity (Wildman–Crippen MR) is 106 cm³/mol. The molecule has 4 heteroatoms.